The quantitative estimate of drug-likeness (QED) is 0.598. The standard InChI is InChI=1S/C16H27NO/c1-3-4-5-6-7-8-9-14-18-16-12-10-15(17-2)11-13-16/h10-13,17H,3-9,14H2,1-2H3. The molecule has 0 aliphatic heterocycles. The zero-order valence-electron chi connectivity index (χ0n) is 11.9. The maximum Gasteiger partial charge on any atom is 0.119 e. The predicted octanol–water partition coefficient (Wildman–Crippen LogP) is 4.86. The molecule has 0 amide bonds. The van der Waals surface area contributed by atoms with Gasteiger partial charge in [0.1, 0.15) is 5.75 Å². The fourth-order valence-corrected chi connectivity index (χ4v) is 1.97. The van der Waals surface area contributed by atoms with Crippen LogP contribution in [0, 0.1) is 0 Å². The van der Waals surface area contributed by atoms with Crippen LogP contribution in [0.2, 0.25) is 0 Å². The average Bonchev–Trinajstić information content (AvgIpc) is 2.42. The number of hydrogen-bond acceptors (Lipinski definition) is 2. The van der Waals surface area contributed by atoms with Crippen molar-refractivity contribution in [2.75, 3.05) is 19.0 Å². The molecule has 0 saturated heterocycles. The Morgan fingerprint density at radius 1 is 0.889 bits per heavy atom. The molecule has 2 nitrogen and oxygen atoms in total. The first-order valence-corrected chi connectivity index (χ1v) is 7.27. The molecule has 0 radical (unpaired) electrons. The van der Waals surface area contributed by atoms with E-state index in [1.54, 1.807) is 0 Å². The number of anilines is 1. The van der Waals surface area contributed by atoms with Gasteiger partial charge in [0.15, 0.2) is 0 Å². The molecule has 0 bridgehead atoms. The molecule has 0 spiro atoms. The van der Waals surface area contributed by atoms with E-state index < -0.39 is 0 Å². The molecule has 2 heteroatoms. The first-order chi connectivity index (χ1) is 8.86. The van der Waals surface area contributed by atoms with Crippen molar-refractivity contribution in [2.24, 2.45) is 0 Å². The Morgan fingerprint density at radius 2 is 1.50 bits per heavy atom. The Hall–Kier alpha value is -1.18. The molecule has 1 aromatic carbocycles. The van der Waals surface area contributed by atoms with Crippen molar-refractivity contribution in [3.05, 3.63) is 24.3 Å². The van der Waals surface area contributed by atoms with Gasteiger partial charge in [0, 0.05) is 12.7 Å². The minimum Gasteiger partial charge on any atom is -0.494 e. The van der Waals surface area contributed by atoms with E-state index in [0.717, 1.165) is 18.0 Å². The van der Waals surface area contributed by atoms with Crippen LogP contribution in [0.15, 0.2) is 24.3 Å². The SMILES string of the molecule is CCCCCCCCCOc1ccc(NC)cc1. The summed E-state index contributed by atoms with van der Waals surface area (Å²) in [6, 6.07) is 8.13. The maximum atomic E-state index is 5.71. The Morgan fingerprint density at radius 3 is 2.11 bits per heavy atom. The third-order valence-electron chi connectivity index (χ3n) is 3.16. The van der Waals surface area contributed by atoms with Gasteiger partial charge in [-0.05, 0) is 30.7 Å². The van der Waals surface area contributed by atoms with E-state index in [1.165, 1.54) is 44.9 Å². The van der Waals surface area contributed by atoms with Crippen LogP contribution in [-0.4, -0.2) is 13.7 Å². The lowest BCUT2D eigenvalue weighted by Crippen LogP contribution is -1.97. The molecule has 0 aromatic heterocycles. The van der Waals surface area contributed by atoms with Gasteiger partial charge in [-0.3, -0.25) is 0 Å². The van der Waals surface area contributed by atoms with Gasteiger partial charge in [-0.1, -0.05) is 45.4 Å². The van der Waals surface area contributed by atoms with E-state index >= 15 is 0 Å². The van der Waals surface area contributed by atoms with E-state index in [-0.39, 0.29) is 0 Å². The van der Waals surface area contributed by atoms with E-state index in [9.17, 15) is 0 Å². The molecular formula is C16H27NO. The van der Waals surface area contributed by atoms with E-state index in [2.05, 4.69) is 12.2 Å². The number of hydrogen-bond donors (Lipinski definition) is 1. The largest absolute Gasteiger partial charge is 0.494 e. The minimum absolute atomic E-state index is 0.840. The highest BCUT2D eigenvalue weighted by atomic mass is 16.5. The van der Waals surface area contributed by atoms with Crippen LogP contribution in [0.25, 0.3) is 0 Å². The van der Waals surface area contributed by atoms with Gasteiger partial charge in [-0.25, -0.2) is 0 Å². The summed E-state index contributed by atoms with van der Waals surface area (Å²) >= 11 is 0. The summed E-state index contributed by atoms with van der Waals surface area (Å²) in [6.45, 7) is 3.10. The van der Waals surface area contributed by atoms with Crippen LogP contribution in [0.1, 0.15) is 51.9 Å². The normalized spacial score (nSPS) is 10.3. The monoisotopic (exact) mass is 249 g/mol. The molecular weight excluding hydrogens is 222 g/mol. The summed E-state index contributed by atoms with van der Waals surface area (Å²) in [7, 11) is 1.93. The fourth-order valence-electron chi connectivity index (χ4n) is 1.97. The Bertz CT molecular complexity index is 294. The molecule has 0 fully saturated rings. The summed E-state index contributed by atoms with van der Waals surface area (Å²) in [5.41, 5.74) is 1.12. The molecule has 1 N–H and O–H groups in total. The van der Waals surface area contributed by atoms with Gasteiger partial charge in [-0.2, -0.15) is 0 Å². The molecule has 0 saturated carbocycles. The van der Waals surface area contributed by atoms with Gasteiger partial charge in [-0.15, -0.1) is 0 Å². The highest BCUT2D eigenvalue weighted by molar-refractivity contribution is 5.45. The van der Waals surface area contributed by atoms with Crippen LogP contribution in [0.3, 0.4) is 0 Å². The topological polar surface area (TPSA) is 21.3 Å². The van der Waals surface area contributed by atoms with Crippen molar-refractivity contribution in [1.29, 1.82) is 0 Å². The van der Waals surface area contributed by atoms with Crippen molar-refractivity contribution in [3.8, 4) is 5.75 Å². The first kappa shape index (κ1) is 14.9. The van der Waals surface area contributed by atoms with E-state index in [4.69, 9.17) is 4.74 Å². The Labute approximate surface area is 112 Å². The van der Waals surface area contributed by atoms with Crippen molar-refractivity contribution < 1.29 is 4.74 Å². The molecule has 0 heterocycles. The van der Waals surface area contributed by atoms with Crippen LogP contribution in [-0.2, 0) is 0 Å². The van der Waals surface area contributed by atoms with Gasteiger partial charge in [0.2, 0.25) is 0 Å². The lowest BCUT2D eigenvalue weighted by Gasteiger charge is -2.07. The number of nitrogens with one attached hydrogen (secondary N) is 1. The van der Waals surface area contributed by atoms with Crippen LogP contribution >= 0.6 is 0 Å². The molecule has 102 valence electrons. The highest BCUT2D eigenvalue weighted by Gasteiger charge is 1.95. The molecule has 1 aromatic rings. The molecule has 1 rings (SSSR count). The first-order valence-electron chi connectivity index (χ1n) is 7.27. The maximum absolute atomic E-state index is 5.71. The summed E-state index contributed by atoms with van der Waals surface area (Å²) < 4.78 is 5.71. The third kappa shape index (κ3) is 6.53. The third-order valence-corrected chi connectivity index (χ3v) is 3.16. The zero-order chi connectivity index (χ0) is 13.1. The Kier molecular flexibility index (Phi) is 8.11. The molecule has 18 heavy (non-hydrogen) atoms. The fraction of sp³-hybridized carbons (Fsp3) is 0.625. The predicted molar refractivity (Wildman–Crippen MR) is 79.5 cm³/mol. The van der Waals surface area contributed by atoms with Gasteiger partial charge in [0.05, 0.1) is 6.61 Å². The van der Waals surface area contributed by atoms with Crippen molar-refractivity contribution in [2.45, 2.75) is 51.9 Å². The second-order valence-corrected chi connectivity index (χ2v) is 4.74. The number of benzene rings is 1. The molecule has 0 atom stereocenters. The summed E-state index contributed by atoms with van der Waals surface area (Å²) in [4.78, 5) is 0. The number of unbranched alkanes of at least 4 members (excludes halogenated alkanes) is 6. The molecule has 0 aliphatic carbocycles. The van der Waals surface area contributed by atoms with Crippen LogP contribution < -0.4 is 10.1 Å². The minimum atomic E-state index is 0.840. The zero-order valence-corrected chi connectivity index (χ0v) is 11.9. The Balaban J connectivity index is 2.00. The smallest absolute Gasteiger partial charge is 0.119 e. The highest BCUT2D eigenvalue weighted by Crippen LogP contribution is 2.15. The number of rotatable bonds is 10. The van der Waals surface area contributed by atoms with Crippen molar-refractivity contribution in [1.82, 2.24) is 0 Å². The molecule has 0 aliphatic rings. The lowest BCUT2D eigenvalue weighted by molar-refractivity contribution is 0.304. The summed E-state index contributed by atoms with van der Waals surface area (Å²) in [5.74, 6) is 0.972. The van der Waals surface area contributed by atoms with Crippen molar-refractivity contribution in [3.63, 3.8) is 0 Å². The van der Waals surface area contributed by atoms with Crippen LogP contribution in [0.4, 0.5) is 5.69 Å². The van der Waals surface area contributed by atoms with E-state index in [1.807, 2.05) is 31.3 Å². The van der Waals surface area contributed by atoms with E-state index in [0.29, 0.717) is 0 Å². The van der Waals surface area contributed by atoms with Crippen LogP contribution in [0.5, 0.6) is 5.75 Å². The van der Waals surface area contributed by atoms with Gasteiger partial charge < -0.3 is 10.1 Å². The summed E-state index contributed by atoms with van der Waals surface area (Å²) in [5, 5.41) is 3.10. The second-order valence-electron chi connectivity index (χ2n) is 4.74. The molecule has 0 unspecified atom stereocenters. The van der Waals surface area contributed by atoms with Gasteiger partial charge in [0.25, 0.3) is 0 Å². The second kappa shape index (κ2) is 9.81. The van der Waals surface area contributed by atoms with Gasteiger partial charge >= 0.3 is 0 Å². The lowest BCUT2D eigenvalue weighted by atomic mass is 10.1. The summed E-state index contributed by atoms with van der Waals surface area (Å²) in [6.07, 6.45) is 9.29. The average molecular weight is 249 g/mol. The van der Waals surface area contributed by atoms with Crippen molar-refractivity contribution >= 4 is 5.69 Å². The number of ether oxygens (including phenoxy) is 1.